The number of rotatable bonds is 8. The van der Waals surface area contributed by atoms with Gasteiger partial charge in [0, 0.05) is 12.6 Å². The monoisotopic (exact) mass is 277 g/mol. The fraction of sp³-hybridized carbons (Fsp3) is 0.647. The van der Waals surface area contributed by atoms with Crippen molar-refractivity contribution in [3.63, 3.8) is 0 Å². The molecule has 2 N–H and O–H groups in total. The second-order valence-corrected chi connectivity index (χ2v) is 5.60. The lowest BCUT2D eigenvalue weighted by atomic mass is 9.87. The summed E-state index contributed by atoms with van der Waals surface area (Å²) in [7, 11) is 1.73. The van der Waals surface area contributed by atoms with Crippen molar-refractivity contribution in [2.45, 2.75) is 51.0 Å². The fourth-order valence-corrected chi connectivity index (χ4v) is 2.98. The lowest BCUT2D eigenvalue weighted by Crippen LogP contribution is -2.26. The van der Waals surface area contributed by atoms with Gasteiger partial charge in [-0.1, -0.05) is 18.9 Å². The molecule has 20 heavy (non-hydrogen) atoms. The summed E-state index contributed by atoms with van der Waals surface area (Å²) in [5.41, 5.74) is 2.89. The summed E-state index contributed by atoms with van der Waals surface area (Å²) in [6.07, 6.45) is 8.13. The number of unbranched alkanes of at least 4 members (excludes halogenated alkanes) is 3. The van der Waals surface area contributed by atoms with Crippen molar-refractivity contribution in [3.8, 4) is 5.75 Å². The second-order valence-electron chi connectivity index (χ2n) is 5.60. The van der Waals surface area contributed by atoms with Crippen molar-refractivity contribution in [2.75, 3.05) is 20.3 Å². The molecule has 0 amide bonds. The van der Waals surface area contributed by atoms with E-state index < -0.39 is 0 Å². The Morgan fingerprint density at radius 1 is 1.25 bits per heavy atom. The van der Waals surface area contributed by atoms with Gasteiger partial charge >= 0.3 is 0 Å². The van der Waals surface area contributed by atoms with Gasteiger partial charge in [-0.25, -0.2) is 0 Å². The van der Waals surface area contributed by atoms with E-state index in [1.807, 2.05) is 0 Å². The Hall–Kier alpha value is -1.06. The van der Waals surface area contributed by atoms with Gasteiger partial charge in [0.05, 0.1) is 7.11 Å². The third-order valence-electron chi connectivity index (χ3n) is 4.14. The predicted molar refractivity (Wildman–Crippen MR) is 82.2 cm³/mol. The molecule has 2 rings (SSSR count). The average Bonchev–Trinajstić information content (AvgIpc) is 2.50. The van der Waals surface area contributed by atoms with Crippen LogP contribution in [0, 0.1) is 0 Å². The molecule has 1 atom stereocenters. The Bertz CT molecular complexity index is 406. The average molecular weight is 277 g/mol. The highest BCUT2D eigenvalue weighted by Crippen LogP contribution is 2.32. The summed E-state index contributed by atoms with van der Waals surface area (Å²) >= 11 is 0. The molecule has 3 heteroatoms. The first kappa shape index (κ1) is 15.3. The van der Waals surface area contributed by atoms with Crippen molar-refractivity contribution in [3.05, 3.63) is 29.3 Å². The van der Waals surface area contributed by atoms with Crippen LogP contribution in [0.3, 0.4) is 0 Å². The van der Waals surface area contributed by atoms with Crippen molar-refractivity contribution in [1.82, 2.24) is 5.32 Å². The molecule has 3 nitrogen and oxygen atoms in total. The van der Waals surface area contributed by atoms with E-state index in [1.54, 1.807) is 7.11 Å². The van der Waals surface area contributed by atoms with Gasteiger partial charge in [0.15, 0.2) is 0 Å². The maximum Gasteiger partial charge on any atom is 0.119 e. The highest BCUT2D eigenvalue weighted by atomic mass is 16.5. The molecule has 0 radical (unpaired) electrons. The molecule has 0 saturated carbocycles. The van der Waals surface area contributed by atoms with Crippen LogP contribution in [0.25, 0.3) is 0 Å². The summed E-state index contributed by atoms with van der Waals surface area (Å²) < 4.78 is 5.35. The third kappa shape index (κ3) is 4.22. The molecule has 0 bridgehead atoms. The third-order valence-corrected chi connectivity index (χ3v) is 4.14. The van der Waals surface area contributed by atoms with Crippen molar-refractivity contribution >= 4 is 0 Å². The summed E-state index contributed by atoms with van der Waals surface area (Å²) in [4.78, 5) is 0. The Balaban J connectivity index is 1.84. The maximum atomic E-state index is 8.76. The normalized spacial score (nSPS) is 17.8. The first-order valence-corrected chi connectivity index (χ1v) is 7.86. The minimum Gasteiger partial charge on any atom is -0.497 e. The van der Waals surface area contributed by atoms with Gasteiger partial charge in [0.2, 0.25) is 0 Å². The van der Waals surface area contributed by atoms with Gasteiger partial charge in [-0.15, -0.1) is 0 Å². The molecule has 0 fully saturated rings. The minimum absolute atomic E-state index is 0.323. The Morgan fingerprint density at radius 3 is 2.90 bits per heavy atom. The molecule has 0 heterocycles. The highest BCUT2D eigenvalue weighted by Gasteiger charge is 2.19. The van der Waals surface area contributed by atoms with Crippen LogP contribution in [0.15, 0.2) is 18.2 Å². The van der Waals surface area contributed by atoms with Crippen molar-refractivity contribution in [1.29, 1.82) is 0 Å². The number of ether oxygens (including phenoxy) is 1. The molecule has 1 aromatic rings. The first-order valence-electron chi connectivity index (χ1n) is 7.86. The van der Waals surface area contributed by atoms with E-state index >= 15 is 0 Å². The lowest BCUT2D eigenvalue weighted by Gasteiger charge is -2.27. The summed E-state index contributed by atoms with van der Waals surface area (Å²) in [5.74, 6) is 0.959. The van der Waals surface area contributed by atoms with Crippen molar-refractivity contribution < 1.29 is 9.84 Å². The van der Waals surface area contributed by atoms with Gasteiger partial charge in [0.1, 0.15) is 5.75 Å². The van der Waals surface area contributed by atoms with E-state index in [9.17, 15) is 0 Å². The topological polar surface area (TPSA) is 41.5 Å². The quantitative estimate of drug-likeness (QED) is 0.717. The molecule has 1 aromatic carbocycles. The molecule has 1 aliphatic carbocycles. The van der Waals surface area contributed by atoms with Crippen LogP contribution >= 0.6 is 0 Å². The number of hydrogen-bond acceptors (Lipinski definition) is 3. The SMILES string of the molecule is COc1ccc2c(c1)C(NCCCCCCO)CCC2. The predicted octanol–water partition coefficient (Wildman–Crippen LogP) is 3.21. The number of aliphatic hydroxyl groups is 1. The number of methoxy groups -OCH3 is 1. The Kier molecular flexibility index (Phi) is 6.34. The Labute approximate surface area is 122 Å². The number of nitrogens with one attached hydrogen (secondary N) is 1. The van der Waals surface area contributed by atoms with Crippen LogP contribution in [-0.4, -0.2) is 25.4 Å². The number of hydrogen-bond donors (Lipinski definition) is 2. The van der Waals surface area contributed by atoms with Gasteiger partial charge in [-0.05, 0) is 61.9 Å². The second kappa shape index (κ2) is 8.28. The molecule has 112 valence electrons. The molecule has 1 aliphatic rings. The lowest BCUT2D eigenvalue weighted by molar-refractivity contribution is 0.282. The van der Waals surface area contributed by atoms with Crippen LogP contribution in [0.1, 0.15) is 55.7 Å². The van der Waals surface area contributed by atoms with E-state index in [0.717, 1.165) is 25.1 Å². The van der Waals surface area contributed by atoms with Gasteiger partial charge in [-0.2, -0.15) is 0 Å². The summed E-state index contributed by atoms with van der Waals surface area (Å²) in [6.45, 7) is 1.38. The van der Waals surface area contributed by atoms with Crippen LogP contribution in [-0.2, 0) is 6.42 Å². The van der Waals surface area contributed by atoms with Crippen LogP contribution in [0.2, 0.25) is 0 Å². The zero-order chi connectivity index (χ0) is 14.2. The van der Waals surface area contributed by atoms with E-state index in [2.05, 4.69) is 23.5 Å². The number of aryl methyl sites for hydroxylation is 1. The first-order chi connectivity index (χ1) is 9.85. The number of aliphatic hydroxyl groups excluding tert-OH is 1. The molecule has 0 aromatic heterocycles. The van der Waals surface area contributed by atoms with E-state index in [0.29, 0.717) is 12.6 Å². The van der Waals surface area contributed by atoms with Crippen molar-refractivity contribution in [2.24, 2.45) is 0 Å². The van der Waals surface area contributed by atoms with Crippen LogP contribution < -0.4 is 10.1 Å². The Morgan fingerprint density at radius 2 is 2.10 bits per heavy atom. The summed E-state index contributed by atoms with van der Waals surface area (Å²) in [6, 6.07) is 6.95. The molecule has 0 saturated heterocycles. The highest BCUT2D eigenvalue weighted by molar-refractivity contribution is 5.39. The zero-order valence-electron chi connectivity index (χ0n) is 12.5. The zero-order valence-corrected chi connectivity index (χ0v) is 12.5. The van der Waals surface area contributed by atoms with E-state index in [-0.39, 0.29) is 0 Å². The van der Waals surface area contributed by atoms with Gasteiger partial charge in [-0.3, -0.25) is 0 Å². The molecule has 0 aliphatic heterocycles. The molecular weight excluding hydrogens is 250 g/mol. The molecular formula is C17H27NO2. The maximum absolute atomic E-state index is 8.76. The van der Waals surface area contributed by atoms with Crippen LogP contribution in [0.5, 0.6) is 5.75 Å². The van der Waals surface area contributed by atoms with Gasteiger partial charge in [0.25, 0.3) is 0 Å². The smallest absolute Gasteiger partial charge is 0.119 e. The molecule has 1 unspecified atom stereocenters. The molecule has 0 spiro atoms. The number of benzene rings is 1. The number of fused-ring (bicyclic) bond motifs is 1. The van der Waals surface area contributed by atoms with Crippen LogP contribution in [0.4, 0.5) is 0 Å². The minimum atomic E-state index is 0.323. The fourth-order valence-electron chi connectivity index (χ4n) is 2.98. The van der Waals surface area contributed by atoms with E-state index in [4.69, 9.17) is 9.84 Å². The van der Waals surface area contributed by atoms with E-state index in [1.165, 1.54) is 43.2 Å². The standard InChI is InChI=1S/C17H27NO2/c1-20-15-10-9-14-7-6-8-17(16(14)13-15)18-11-4-2-3-5-12-19/h9-10,13,17-19H,2-8,11-12H2,1H3. The van der Waals surface area contributed by atoms with Gasteiger partial charge < -0.3 is 15.2 Å². The summed E-state index contributed by atoms with van der Waals surface area (Å²) in [5, 5.41) is 12.4. The largest absolute Gasteiger partial charge is 0.497 e.